The molecule has 11 heavy (non-hydrogen) atoms. The lowest BCUT2D eigenvalue weighted by atomic mass is 10.4. The number of aromatic nitrogens is 1. The summed E-state index contributed by atoms with van der Waals surface area (Å²) in [4.78, 5) is 3.85. The number of pyridine rings is 1. The van der Waals surface area contributed by atoms with Crippen molar-refractivity contribution in [2.75, 3.05) is 0 Å². The van der Waals surface area contributed by atoms with E-state index in [4.69, 9.17) is 34.8 Å². The Hall–Kier alpha value is -0.0500. The van der Waals surface area contributed by atoms with Gasteiger partial charge in [-0.25, -0.2) is 0 Å². The van der Waals surface area contributed by atoms with Gasteiger partial charge in [-0.2, -0.15) is 0 Å². The Labute approximate surface area is 80.1 Å². The quantitative estimate of drug-likeness (QED) is 0.558. The summed E-state index contributed by atoms with van der Waals surface area (Å²) < 4.78 is -1.40. The lowest BCUT2D eigenvalue weighted by Gasteiger charge is -2.07. The molecular weight excluding hydrogens is 211 g/mol. The van der Waals surface area contributed by atoms with E-state index in [1.54, 1.807) is 24.4 Å². The van der Waals surface area contributed by atoms with Gasteiger partial charge in [0, 0.05) is 6.20 Å². The van der Waals surface area contributed by atoms with Gasteiger partial charge in [0.15, 0.2) is 0 Å². The van der Waals surface area contributed by atoms with Gasteiger partial charge in [0.05, 0.1) is 5.69 Å². The van der Waals surface area contributed by atoms with Crippen molar-refractivity contribution < 1.29 is 6.13 Å². The molecule has 1 nitrogen and oxygen atoms in total. The molecule has 0 N–H and O–H groups in total. The topological polar surface area (TPSA) is 12.9 Å². The summed E-state index contributed by atoms with van der Waals surface area (Å²) in [5.74, 6) is 0. The molecule has 0 unspecified atom stereocenters. The first-order valence-corrected chi connectivity index (χ1v) is 3.72. The zero-order valence-electron chi connectivity index (χ0n) is 6.27. The zero-order valence-corrected chi connectivity index (χ0v) is 7.54. The van der Waals surface area contributed by atoms with Crippen LogP contribution in [0.1, 0.15) is 7.12 Å². The standard InChI is InChI=1S/C6H4Cl3N.FH/c7-6(8,9)5-3-1-2-4-10-5;/h1-4H;1H. The predicted molar refractivity (Wildman–Crippen MR) is 44.6 cm³/mol. The minimum absolute atomic E-state index is 0. The number of hydrogen-bond acceptors (Lipinski definition) is 1. The number of alkyl halides is 3. The minimum Gasteiger partial charge on any atom is -1.00 e. The number of nitrogens with zero attached hydrogens (tertiary/aromatic N) is 1. The molecule has 0 spiro atoms. The zero-order chi connectivity index (χ0) is 7.61. The molecule has 0 aliphatic rings. The second-order valence-corrected chi connectivity index (χ2v) is 3.99. The molecule has 0 radical (unpaired) electrons. The van der Waals surface area contributed by atoms with Crippen molar-refractivity contribution >= 4 is 34.8 Å². The summed E-state index contributed by atoms with van der Waals surface area (Å²) in [5.41, 5.74) is 0.444. The molecule has 0 aliphatic carbocycles. The van der Waals surface area contributed by atoms with Crippen LogP contribution in [0.4, 0.5) is 0 Å². The largest absolute Gasteiger partial charge is 1.00 e. The molecule has 5 heteroatoms. The van der Waals surface area contributed by atoms with E-state index >= 15 is 0 Å². The van der Waals surface area contributed by atoms with Crippen LogP contribution in [-0.4, -0.2) is 4.98 Å². The maximum atomic E-state index is 5.53. The fourth-order valence-corrected chi connectivity index (χ4v) is 0.866. The summed E-state index contributed by atoms with van der Waals surface area (Å²) in [6.07, 6.45) is 1.58. The summed E-state index contributed by atoms with van der Waals surface area (Å²) in [6, 6.07) is 5.19. The van der Waals surface area contributed by atoms with Crippen molar-refractivity contribution in [3.63, 3.8) is 0 Å². The summed E-state index contributed by atoms with van der Waals surface area (Å²) in [6.45, 7) is 0. The fraction of sp³-hybridized carbons (Fsp3) is 0.167. The highest BCUT2D eigenvalue weighted by atomic mass is 35.6. The van der Waals surface area contributed by atoms with Gasteiger partial charge in [-0.05, 0) is 12.1 Å². The molecular formula is C6H5Cl3FN. The Bertz CT molecular complexity index is 214. The van der Waals surface area contributed by atoms with Crippen molar-refractivity contribution in [1.29, 1.82) is 0 Å². The van der Waals surface area contributed by atoms with Gasteiger partial charge in [0.2, 0.25) is 3.79 Å². The van der Waals surface area contributed by atoms with E-state index in [1.165, 1.54) is 0 Å². The van der Waals surface area contributed by atoms with Gasteiger partial charge in [-0.15, -0.1) is 0 Å². The van der Waals surface area contributed by atoms with E-state index in [0.29, 0.717) is 5.69 Å². The van der Waals surface area contributed by atoms with Crippen LogP contribution in [0.2, 0.25) is 0 Å². The summed E-state index contributed by atoms with van der Waals surface area (Å²) >= 11 is 16.6. The Balaban J connectivity index is 0. The van der Waals surface area contributed by atoms with Gasteiger partial charge in [0.1, 0.15) is 0 Å². The average molecular weight is 216 g/mol. The maximum Gasteiger partial charge on any atom is 1.00 e. The fourth-order valence-electron chi connectivity index (χ4n) is 0.530. The highest BCUT2D eigenvalue weighted by Crippen LogP contribution is 2.36. The van der Waals surface area contributed by atoms with Gasteiger partial charge in [-0.1, -0.05) is 40.9 Å². The van der Waals surface area contributed by atoms with Gasteiger partial charge < -0.3 is 4.70 Å². The van der Waals surface area contributed by atoms with E-state index in [2.05, 4.69) is 4.98 Å². The minimum atomic E-state index is -1.40. The molecule has 62 valence electrons. The highest BCUT2D eigenvalue weighted by molar-refractivity contribution is 6.66. The van der Waals surface area contributed by atoms with Crippen LogP contribution in [0.3, 0.4) is 0 Å². The average Bonchev–Trinajstić information content (AvgIpc) is 1.88. The molecule has 0 amide bonds. The van der Waals surface area contributed by atoms with Gasteiger partial charge >= 0.3 is 1.43 Å². The number of hydrogen-bond donors (Lipinski definition) is 0. The van der Waals surface area contributed by atoms with Gasteiger partial charge in [0.25, 0.3) is 0 Å². The first-order chi connectivity index (χ1) is 4.61. The Morgan fingerprint density at radius 1 is 1.27 bits per heavy atom. The van der Waals surface area contributed by atoms with E-state index in [0.717, 1.165) is 0 Å². The number of rotatable bonds is 0. The molecule has 0 atom stereocenters. The lowest BCUT2D eigenvalue weighted by molar-refractivity contribution is -0.00000185. The third kappa shape index (κ3) is 3.23. The van der Waals surface area contributed by atoms with Crippen molar-refractivity contribution in [3.05, 3.63) is 30.1 Å². The van der Waals surface area contributed by atoms with Crippen LogP contribution >= 0.6 is 34.8 Å². The molecule has 0 saturated heterocycles. The lowest BCUT2D eigenvalue weighted by Crippen LogP contribution is -3.00. The molecule has 0 aromatic carbocycles. The van der Waals surface area contributed by atoms with Crippen LogP contribution in [-0.2, 0) is 3.79 Å². The molecule has 0 saturated carbocycles. The molecule has 0 aliphatic heterocycles. The molecule has 1 aromatic heterocycles. The first kappa shape index (κ1) is 11.0. The van der Waals surface area contributed by atoms with Crippen LogP contribution in [0.5, 0.6) is 0 Å². The van der Waals surface area contributed by atoms with Crippen LogP contribution in [0, 0.1) is 0 Å². The van der Waals surface area contributed by atoms with E-state index < -0.39 is 3.79 Å². The van der Waals surface area contributed by atoms with Crippen LogP contribution in [0.15, 0.2) is 24.4 Å². The van der Waals surface area contributed by atoms with E-state index in [9.17, 15) is 0 Å². The van der Waals surface area contributed by atoms with Gasteiger partial charge in [-0.3, -0.25) is 4.98 Å². The molecule has 1 aromatic rings. The SMILES string of the molecule is ClC(Cl)(Cl)c1ccccn1.[F-].[H+]. The maximum absolute atomic E-state index is 5.53. The Morgan fingerprint density at radius 2 is 1.91 bits per heavy atom. The normalized spacial score (nSPS) is 10.5. The summed E-state index contributed by atoms with van der Waals surface area (Å²) in [5, 5.41) is 0. The van der Waals surface area contributed by atoms with E-state index in [-0.39, 0.29) is 6.13 Å². The summed E-state index contributed by atoms with van der Waals surface area (Å²) in [7, 11) is 0. The van der Waals surface area contributed by atoms with Crippen molar-refractivity contribution in [2.45, 2.75) is 3.79 Å². The third-order valence-corrected chi connectivity index (χ3v) is 1.54. The molecule has 1 rings (SSSR count). The second kappa shape index (κ2) is 4.10. The second-order valence-electron chi connectivity index (χ2n) is 1.71. The molecule has 0 fully saturated rings. The van der Waals surface area contributed by atoms with E-state index in [1.807, 2.05) is 0 Å². The Morgan fingerprint density at radius 3 is 2.18 bits per heavy atom. The van der Waals surface area contributed by atoms with Crippen molar-refractivity contribution in [3.8, 4) is 0 Å². The van der Waals surface area contributed by atoms with Crippen LogP contribution in [0.25, 0.3) is 0 Å². The first-order valence-electron chi connectivity index (χ1n) is 2.59. The highest BCUT2D eigenvalue weighted by Gasteiger charge is 2.23. The third-order valence-electron chi connectivity index (χ3n) is 0.955. The van der Waals surface area contributed by atoms with Crippen molar-refractivity contribution in [1.82, 2.24) is 4.98 Å². The predicted octanol–water partition coefficient (Wildman–Crippen LogP) is 0.0248. The number of halogens is 4. The molecule has 1 heterocycles. The Kier molecular flexibility index (Phi) is 4.08. The molecule has 0 bridgehead atoms. The van der Waals surface area contributed by atoms with Crippen molar-refractivity contribution in [2.24, 2.45) is 0 Å². The monoisotopic (exact) mass is 215 g/mol. The smallest absolute Gasteiger partial charge is 1.00 e. The van der Waals surface area contributed by atoms with Crippen LogP contribution < -0.4 is 4.70 Å².